The molecule has 9 heavy (non-hydrogen) atoms. The molecule has 1 heterocycles. The molecule has 4 heteroatoms. The standard InChI is InChI=1S/C5H4BrFN2/c1-3-2-4(7)9-5(6)8-3/h2H,1H3. The molecule has 0 bridgehead atoms. The molecule has 2 nitrogen and oxygen atoms in total. The predicted molar refractivity (Wildman–Crippen MR) is 34.4 cm³/mol. The Balaban J connectivity index is 3.17. The van der Waals surface area contributed by atoms with Gasteiger partial charge < -0.3 is 0 Å². The maximum Gasteiger partial charge on any atom is 0.217 e. The highest BCUT2D eigenvalue weighted by atomic mass is 79.9. The van der Waals surface area contributed by atoms with Crippen molar-refractivity contribution in [2.75, 3.05) is 0 Å². The van der Waals surface area contributed by atoms with E-state index >= 15 is 0 Å². The van der Waals surface area contributed by atoms with Crippen LogP contribution < -0.4 is 0 Å². The average molecular weight is 191 g/mol. The normalized spacial score (nSPS) is 9.67. The first-order valence-electron chi connectivity index (χ1n) is 2.35. The lowest BCUT2D eigenvalue weighted by Crippen LogP contribution is -1.89. The molecule has 0 atom stereocenters. The van der Waals surface area contributed by atoms with Crippen molar-refractivity contribution in [1.82, 2.24) is 9.97 Å². The van der Waals surface area contributed by atoms with Gasteiger partial charge in [0.05, 0.1) is 0 Å². The quantitative estimate of drug-likeness (QED) is 0.460. The minimum absolute atomic E-state index is 0.292. The molecule has 0 aliphatic rings. The average Bonchev–Trinajstić information content (AvgIpc) is 1.59. The largest absolute Gasteiger partial charge is 0.227 e. The Morgan fingerprint density at radius 1 is 1.56 bits per heavy atom. The van der Waals surface area contributed by atoms with E-state index in [1.807, 2.05) is 0 Å². The molecule has 0 N–H and O–H groups in total. The summed E-state index contributed by atoms with van der Waals surface area (Å²) in [6.45, 7) is 1.70. The van der Waals surface area contributed by atoms with Gasteiger partial charge in [-0.15, -0.1) is 0 Å². The molecule has 0 spiro atoms. The van der Waals surface area contributed by atoms with Crippen LogP contribution in [0.4, 0.5) is 4.39 Å². The maximum absolute atomic E-state index is 12.2. The minimum atomic E-state index is -0.505. The molecular weight excluding hydrogens is 187 g/mol. The molecular formula is C5H4BrFN2. The molecule has 0 fully saturated rings. The first kappa shape index (κ1) is 6.61. The van der Waals surface area contributed by atoms with E-state index in [0.717, 1.165) is 0 Å². The second-order valence-electron chi connectivity index (χ2n) is 1.60. The van der Waals surface area contributed by atoms with Gasteiger partial charge in [-0.2, -0.15) is 9.37 Å². The summed E-state index contributed by atoms with van der Waals surface area (Å²) in [6, 6.07) is 1.27. The van der Waals surface area contributed by atoms with Gasteiger partial charge in [0.2, 0.25) is 5.95 Å². The van der Waals surface area contributed by atoms with Crippen molar-refractivity contribution < 1.29 is 4.39 Å². The highest BCUT2D eigenvalue weighted by Gasteiger charge is 1.95. The second-order valence-corrected chi connectivity index (χ2v) is 2.31. The number of hydrogen-bond acceptors (Lipinski definition) is 2. The van der Waals surface area contributed by atoms with Gasteiger partial charge in [0.1, 0.15) is 0 Å². The monoisotopic (exact) mass is 190 g/mol. The van der Waals surface area contributed by atoms with Crippen molar-refractivity contribution in [2.45, 2.75) is 6.92 Å². The number of aryl methyl sites for hydroxylation is 1. The van der Waals surface area contributed by atoms with E-state index in [9.17, 15) is 4.39 Å². The van der Waals surface area contributed by atoms with Gasteiger partial charge in [-0.1, -0.05) is 0 Å². The van der Waals surface area contributed by atoms with E-state index in [-0.39, 0.29) is 0 Å². The van der Waals surface area contributed by atoms with Gasteiger partial charge in [-0.05, 0) is 22.9 Å². The Hall–Kier alpha value is -0.510. The van der Waals surface area contributed by atoms with Crippen LogP contribution in [0.25, 0.3) is 0 Å². The zero-order chi connectivity index (χ0) is 6.85. The number of hydrogen-bond donors (Lipinski definition) is 0. The summed E-state index contributed by atoms with van der Waals surface area (Å²) in [5, 5.41) is 0. The molecule has 0 amide bonds. The number of aromatic nitrogens is 2. The van der Waals surface area contributed by atoms with Crippen LogP contribution >= 0.6 is 15.9 Å². The van der Waals surface area contributed by atoms with Crippen LogP contribution in [0.1, 0.15) is 5.69 Å². The van der Waals surface area contributed by atoms with Gasteiger partial charge in [0, 0.05) is 11.8 Å². The highest BCUT2D eigenvalue weighted by Crippen LogP contribution is 2.03. The van der Waals surface area contributed by atoms with E-state index in [1.165, 1.54) is 6.07 Å². The Morgan fingerprint density at radius 2 is 2.22 bits per heavy atom. The van der Waals surface area contributed by atoms with Crippen LogP contribution in [0.5, 0.6) is 0 Å². The Bertz CT molecular complexity index is 176. The fourth-order valence-corrected chi connectivity index (χ4v) is 0.945. The molecule has 0 aromatic carbocycles. The van der Waals surface area contributed by atoms with Gasteiger partial charge >= 0.3 is 0 Å². The highest BCUT2D eigenvalue weighted by molar-refractivity contribution is 9.10. The van der Waals surface area contributed by atoms with Crippen molar-refractivity contribution in [3.05, 3.63) is 22.4 Å². The van der Waals surface area contributed by atoms with E-state index in [1.54, 1.807) is 6.92 Å². The van der Waals surface area contributed by atoms with Crippen molar-refractivity contribution in [3.8, 4) is 0 Å². The summed E-state index contributed by atoms with van der Waals surface area (Å²) < 4.78 is 12.5. The first-order chi connectivity index (χ1) is 4.18. The van der Waals surface area contributed by atoms with Crippen molar-refractivity contribution >= 4 is 15.9 Å². The maximum atomic E-state index is 12.2. The van der Waals surface area contributed by atoms with Crippen LogP contribution in [0, 0.1) is 12.9 Å². The molecule has 0 saturated heterocycles. The summed E-state index contributed by atoms with van der Waals surface area (Å²) in [5.41, 5.74) is 0.620. The van der Waals surface area contributed by atoms with Crippen LogP contribution in [-0.4, -0.2) is 9.97 Å². The van der Waals surface area contributed by atoms with Gasteiger partial charge in [0.25, 0.3) is 0 Å². The van der Waals surface area contributed by atoms with Gasteiger partial charge in [-0.25, -0.2) is 4.98 Å². The molecule has 0 saturated carbocycles. The number of rotatable bonds is 0. The molecule has 1 rings (SSSR count). The fraction of sp³-hybridized carbons (Fsp3) is 0.200. The summed E-state index contributed by atoms with van der Waals surface area (Å²) in [4.78, 5) is 7.17. The Labute approximate surface area is 60.3 Å². The summed E-state index contributed by atoms with van der Waals surface area (Å²) in [5.74, 6) is -0.505. The van der Waals surface area contributed by atoms with Gasteiger partial charge in [-0.3, -0.25) is 0 Å². The zero-order valence-electron chi connectivity index (χ0n) is 4.73. The van der Waals surface area contributed by atoms with E-state index in [0.29, 0.717) is 10.4 Å². The number of nitrogens with zero attached hydrogens (tertiary/aromatic N) is 2. The van der Waals surface area contributed by atoms with E-state index in [2.05, 4.69) is 25.9 Å². The zero-order valence-corrected chi connectivity index (χ0v) is 6.31. The van der Waals surface area contributed by atoms with Crippen LogP contribution in [0.2, 0.25) is 0 Å². The second kappa shape index (κ2) is 2.39. The summed E-state index contributed by atoms with van der Waals surface area (Å²) in [7, 11) is 0. The van der Waals surface area contributed by atoms with Crippen LogP contribution in [0.3, 0.4) is 0 Å². The summed E-state index contributed by atoms with van der Waals surface area (Å²) in [6.07, 6.45) is 0. The molecule has 1 aromatic heterocycles. The van der Waals surface area contributed by atoms with Crippen LogP contribution in [0.15, 0.2) is 10.8 Å². The first-order valence-corrected chi connectivity index (χ1v) is 3.14. The van der Waals surface area contributed by atoms with Crippen molar-refractivity contribution in [3.63, 3.8) is 0 Å². The smallest absolute Gasteiger partial charge is 0.217 e. The third kappa shape index (κ3) is 1.71. The lowest BCUT2D eigenvalue weighted by atomic mass is 10.5. The molecule has 48 valence electrons. The SMILES string of the molecule is Cc1cc(F)nc(Br)n1. The summed E-state index contributed by atoms with van der Waals surface area (Å²) >= 11 is 2.95. The third-order valence-electron chi connectivity index (χ3n) is 0.796. The fourth-order valence-electron chi connectivity index (χ4n) is 0.496. The van der Waals surface area contributed by atoms with E-state index < -0.39 is 5.95 Å². The lowest BCUT2D eigenvalue weighted by Gasteiger charge is -1.90. The van der Waals surface area contributed by atoms with Crippen molar-refractivity contribution in [2.24, 2.45) is 0 Å². The molecule has 0 radical (unpaired) electrons. The number of halogens is 2. The third-order valence-corrected chi connectivity index (χ3v) is 1.15. The van der Waals surface area contributed by atoms with Gasteiger partial charge in [0.15, 0.2) is 4.73 Å². The lowest BCUT2D eigenvalue weighted by molar-refractivity contribution is 0.573. The van der Waals surface area contributed by atoms with E-state index in [4.69, 9.17) is 0 Å². The molecule has 0 aliphatic carbocycles. The Kier molecular flexibility index (Phi) is 1.75. The molecule has 0 aliphatic heterocycles. The molecule has 1 aromatic rings. The minimum Gasteiger partial charge on any atom is -0.227 e. The predicted octanol–water partition coefficient (Wildman–Crippen LogP) is 1.69. The molecule has 0 unspecified atom stereocenters. The van der Waals surface area contributed by atoms with Crippen molar-refractivity contribution in [1.29, 1.82) is 0 Å². The Morgan fingerprint density at radius 3 is 2.67 bits per heavy atom. The topological polar surface area (TPSA) is 25.8 Å². The van der Waals surface area contributed by atoms with Crippen LogP contribution in [-0.2, 0) is 0 Å².